The molecule has 0 aliphatic heterocycles. The van der Waals surface area contributed by atoms with E-state index in [-0.39, 0.29) is 18.0 Å². The molecular weight excluding hydrogens is 278 g/mol. The van der Waals surface area contributed by atoms with E-state index in [1.54, 1.807) is 30.3 Å². The summed E-state index contributed by atoms with van der Waals surface area (Å²) in [5, 5.41) is 8.85. The molecule has 0 radical (unpaired) electrons. The molecule has 1 aromatic carbocycles. The van der Waals surface area contributed by atoms with E-state index in [2.05, 4.69) is 0 Å². The molecule has 108 valence electrons. The van der Waals surface area contributed by atoms with Crippen LogP contribution >= 0.6 is 0 Å². The summed E-state index contributed by atoms with van der Waals surface area (Å²) in [7, 11) is -1.99. The van der Waals surface area contributed by atoms with Gasteiger partial charge in [-0.2, -0.15) is 4.31 Å². The molecule has 0 unspecified atom stereocenters. The molecule has 0 fully saturated rings. The number of hydrogen-bond acceptors (Lipinski definition) is 4. The van der Waals surface area contributed by atoms with E-state index in [0.717, 1.165) is 11.1 Å². The third-order valence-electron chi connectivity index (χ3n) is 3.02. The molecule has 0 amide bonds. The topological polar surface area (TPSA) is 70.8 Å². The molecule has 1 heterocycles. The first-order valence-corrected chi connectivity index (χ1v) is 7.65. The van der Waals surface area contributed by atoms with Gasteiger partial charge in [-0.25, -0.2) is 8.42 Å². The van der Waals surface area contributed by atoms with Crippen molar-refractivity contribution in [2.75, 3.05) is 13.7 Å². The minimum atomic E-state index is -3.52. The number of nitrogens with zero attached hydrogens (tertiary/aromatic N) is 1. The van der Waals surface area contributed by atoms with Crippen LogP contribution in [0.3, 0.4) is 0 Å². The first-order valence-electron chi connectivity index (χ1n) is 6.21. The predicted octanol–water partition coefficient (Wildman–Crippen LogP) is 1.64. The van der Waals surface area contributed by atoms with E-state index in [0.29, 0.717) is 6.42 Å². The van der Waals surface area contributed by atoms with E-state index >= 15 is 0 Å². The number of furan rings is 1. The smallest absolute Gasteiger partial charge is 0.243 e. The van der Waals surface area contributed by atoms with Gasteiger partial charge in [-0.05, 0) is 30.2 Å². The van der Waals surface area contributed by atoms with Gasteiger partial charge in [0.15, 0.2) is 0 Å². The van der Waals surface area contributed by atoms with E-state index in [9.17, 15) is 8.42 Å². The second kappa shape index (κ2) is 6.21. The summed E-state index contributed by atoms with van der Waals surface area (Å²) in [6.45, 7) is 0.309. The average molecular weight is 295 g/mol. The lowest BCUT2D eigenvalue weighted by molar-refractivity contribution is 0.299. The molecular formula is C14H17NO4S. The summed E-state index contributed by atoms with van der Waals surface area (Å²) in [6.07, 6.45) is 3.56. The second-order valence-corrected chi connectivity index (χ2v) is 6.56. The van der Waals surface area contributed by atoms with Gasteiger partial charge < -0.3 is 9.52 Å². The van der Waals surface area contributed by atoms with Crippen molar-refractivity contribution in [1.29, 1.82) is 0 Å². The van der Waals surface area contributed by atoms with Crippen molar-refractivity contribution >= 4 is 10.0 Å². The van der Waals surface area contributed by atoms with Crippen LogP contribution in [0.5, 0.6) is 0 Å². The molecule has 2 aromatic rings. The van der Waals surface area contributed by atoms with Crippen LogP contribution in [0.25, 0.3) is 0 Å². The molecule has 0 aliphatic rings. The zero-order chi connectivity index (χ0) is 14.6. The molecule has 2 rings (SSSR count). The highest BCUT2D eigenvalue weighted by Gasteiger charge is 2.20. The number of benzene rings is 1. The van der Waals surface area contributed by atoms with E-state index in [1.165, 1.54) is 23.9 Å². The normalized spacial score (nSPS) is 11.9. The predicted molar refractivity (Wildman–Crippen MR) is 74.6 cm³/mol. The Labute approximate surface area is 118 Å². The van der Waals surface area contributed by atoms with E-state index in [1.807, 2.05) is 0 Å². The molecule has 6 heteroatoms. The van der Waals surface area contributed by atoms with Gasteiger partial charge in [0.2, 0.25) is 10.0 Å². The molecule has 20 heavy (non-hydrogen) atoms. The largest absolute Gasteiger partial charge is 0.472 e. The van der Waals surface area contributed by atoms with Crippen molar-refractivity contribution < 1.29 is 17.9 Å². The summed E-state index contributed by atoms with van der Waals surface area (Å²) in [5.41, 5.74) is 1.71. The Morgan fingerprint density at radius 2 is 1.85 bits per heavy atom. The fourth-order valence-corrected chi connectivity index (χ4v) is 3.02. The lowest BCUT2D eigenvalue weighted by atomic mass is 10.2. The Morgan fingerprint density at radius 3 is 2.40 bits per heavy atom. The van der Waals surface area contributed by atoms with Gasteiger partial charge in [0, 0.05) is 25.8 Å². The minimum Gasteiger partial charge on any atom is -0.472 e. The molecule has 0 atom stereocenters. The van der Waals surface area contributed by atoms with E-state index < -0.39 is 10.0 Å². The maximum absolute atomic E-state index is 12.4. The van der Waals surface area contributed by atoms with Crippen LogP contribution < -0.4 is 0 Å². The molecule has 0 bridgehead atoms. The number of rotatable bonds is 6. The summed E-state index contributed by atoms with van der Waals surface area (Å²) in [6, 6.07) is 8.29. The number of aliphatic hydroxyl groups excluding tert-OH is 1. The maximum Gasteiger partial charge on any atom is 0.243 e. The first kappa shape index (κ1) is 14.8. The van der Waals surface area contributed by atoms with Gasteiger partial charge >= 0.3 is 0 Å². The number of sulfonamides is 1. The van der Waals surface area contributed by atoms with Gasteiger partial charge in [0.25, 0.3) is 0 Å². The molecule has 1 aromatic heterocycles. The highest BCUT2D eigenvalue weighted by Crippen LogP contribution is 2.17. The maximum atomic E-state index is 12.4. The monoisotopic (exact) mass is 295 g/mol. The van der Waals surface area contributed by atoms with Gasteiger partial charge in [0.05, 0.1) is 17.4 Å². The summed E-state index contributed by atoms with van der Waals surface area (Å²) < 4.78 is 31.0. The number of aliphatic hydroxyl groups is 1. The van der Waals surface area contributed by atoms with Gasteiger partial charge in [-0.15, -0.1) is 0 Å². The van der Waals surface area contributed by atoms with Gasteiger partial charge in [0.1, 0.15) is 0 Å². The molecule has 5 nitrogen and oxygen atoms in total. The molecule has 0 saturated heterocycles. The van der Waals surface area contributed by atoms with Crippen LogP contribution in [0.15, 0.2) is 52.2 Å². The van der Waals surface area contributed by atoms with Gasteiger partial charge in [-0.1, -0.05) is 12.1 Å². The van der Waals surface area contributed by atoms with Crippen molar-refractivity contribution in [3.8, 4) is 0 Å². The van der Waals surface area contributed by atoms with Crippen molar-refractivity contribution in [3.05, 3.63) is 54.0 Å². The Hall–Kier alpha value is -1.63. The van der Waals surface area contributed by atoms with Crippen molar-refractivity contribution in [2.24, 2.45) is 0 Å². The molecule has 0 aliphatic carbocycles. The summed E-state index contributed by atoms with van der Waals surface area (Å²) in [4.78, 5) is 0.241. The van der Waals surface area contributed by atoms with Crippen LogP contribution in [-0.2, 0) is 23.0 Å². The summed E-state index contributed by atoms with van der Waals surface area (Å²) >= 11 is 0. The van der Waals surface area contributed by atoms with Crippen LogP contribution in [0.4, 0.5) is 0 Å². The Kier molecular flexibility index (Phi) is 4.59. The minimum absolute atomic E-state index is 0.0481. The summed E-state index contributed by atoms with van der Waals surface area (Å²) in [5.74, 6) is 0. The Balaban J connectivity index is 2.16. The van der Waals surface area contributed by atoms with Crippen molar-refractivity contribution in [2.45, 2.75) is 17.9 Å². The highest BCUT2D eigenvalue weighted by atomic mass is 32.2. The zero-order valence-electron chi connectivity index (χ0n) is 11.2. The number of hydrogen-bond donors (Lipinski definition) is 1. The molecule has 0 spiro atoms. The van der Waals surface area contributed by atoms with Crippen molar-refractivity contribution in [3.63, 3.8) is 0 Å². The zero-order valence-corrected chi connectivity index (χ0v) is 12.0. The SMILES string of the molecule is CN(Cc1ccoc1)S(=O)(=O)c1ccc(CCO)cc1. The highest BCUT2D eigenvalue weighted by molar-refractivity contribution is 7.89. The third-order valence-corrected chi connectivity index (χ3v) is 4.83. The first-order chi connectivity index (χ1) is 9.54. The molecule has 0 saturated carbocycles. The second-order valence-electron chi connectivity index (χ2n) is 4.51. The third kappa shape index (κ3) is 3.27. The van der Waals surface area contributed by atoms with Crippen LogP contribution in [0.1, 0.15) is 11.1 Å². The van der Waals surface area contributed by atoms with Crippen LogP contribution in [0.2, 0.25) is 0 Å². The Bertz CT molecular complexity index is 632. The lowest BCUT2D eigenvalue weighted by Crippen LogP contribution is -2.26. The van der Waals surface area contributed by atoms with E-state index in [4.69, 9.17) is 9.52 Å². The standard InChI is InChI=1S/C14H17NO4S/c1-15(10-13-7-9-19-11-13)20(17,18)14-4-2-12(3-5-14)6-8-16/h2-5,7,9,11,16H,6,8,10H2,1H3. The fourth-order valence-electron chi connectivity index (χ4n) is 1.86. The van der Waals surface area contributed by atoms with Crippen LogP contribution in [0, 0.1) is 0 Å². The fraction of sp³-hybridized carbons (Fsp3) is 0.286. The Morgan fingerprint density at radius 1 is 1.15 bits per heavy atom. The molecule has 1 N–H and O–H groups in total. The quantitative estimate of drug-likeness (QED) is 0.879. The van der Waals surface area contributed by atoms with Crippen molar-refractivity contribution in [1.82, 2.24) is 4.31 Å². The lowest BCUT2D eigenvalue weighted by Gasteiger charge is -2.16. The van der Waals surface area contributed by atoms with Crippen LogP contribution in [-0.4, -0.2) is 31.5 Å². The van der Waals surface area contributed by atoms with Gasteiger partial charge in [-0.3, -0.25) is 0 Å². The average Bonchev–Trinajstić information content (AvgIpc) is 2.92.